The average Bonchev–Trinajstić information content (AvgIpc) is 3.73. The Hall–Kier alpha value is -6.90. The predicted molar refractivity (Wildman–Crippen MR) is 232 cm³/mol. The number of furan rings is 1. The lowest BCUT2D eigenvalue weighted by molar-refractivity contribution is 0.660. The number of para-hydroxylation sites is 1. The summed E-state index contributed by atoms with van der Waals surface area (Å²) in [4.78, 5) is 2.41. The highest BCUT2D eigenvalue weighted by molar-refractivity contribution is 6.23. The van der Waals surface area contributed by atoms with E-state index in [4.69, 9.17) is 4.42 Å². The number of nitrogens with zero attached hydrogens (tertiary/aromatic N) is 1. The maximum absolute atomic E-state index is 6.55. The van der Waals surface area contributed by atoms with Crippen LogP contribution < -0.4 is 4.90 Å². The van der Waals surface area contributed by atoms with Gasteiger partial charge in [-0.15, -0.1) is 0 Å². The third kappa shape index (κ3) is 4.95. The Morgan fingerprint density at radius 3 is 1.76 bits per heavy atom. The second-order valence-corrected chi connectivity index (χ2v) is 15.3. The lowest BCUT2D eigenvalue weighted by Crippen LogP contribution is -2.16. The third-order valence-corrected chi connectivity index (χ3v) is 11.9. The molecule has 0 bridgehead atoms. The van der Waals surface area contributed by atoms with Gasteiger partial charge in [0.15, 0.2) is 0 Å². The number of anilines is 3. The fourth-order valence-corrected chi connectivity index (χ4v) is 9.02. The number of rotatable bonds is 5. The molecule has 10 aromatic rings. The monoisotopic (exact) mass is 703 g/mol. The highest BCUT2D eigenvalue weighted by Gasteiger charge is 2.35. The van der Waals surface area contributed by atoms with Gasteiger partial charge in [-0.1, -0.05) is 153 Å². The van der Waals surface area contributed by atoms with Crippen molar-refractivity contribution in [3.8, 4) is 33.4 Å². The molecule has 0 saturated carbocycles. The summed E-state index contributed by atoms with van der Waals surface area (Å²) in [7, 11) is 0. The molecule has 0 atom stereocenters. The molecule has 2 nitrogen and oxygen atoms in total. The van der Waals surface area contributed by atoms with E-state index < -0.39 is 0 Å². The first-order chi connectivity index (χ1) is 27.0. The second kappa shape index (κ2) is 12.1. The van der Waals surface area contributed by atoms with E-state index in [9.17, 15) is 0 Å². The maximum atomic E-state index is 6.55. The molecule has 0 fully saturated rings. The first-order valence-corrected chi connectivity index (χ1v) is 19.1. The van der Waals surface area contributed by atoms with Crippen LogP contribution in [0.2, 0.25) is 0 Å². The quantitative estimate of drug-likeness (QED) is 0.166. The zero-order chi connectivity index (χ0) is 36.7. The predicted octanol–water partition coefficient (Wildman–Crippen LogP) is 15.0. The second-order valence-electron chi connectivity index (χ2n) is 15.3. The Bertz CT molecular complexity index is 3100. The molecule has 0 radical (unpaired) electrons. The highest BCUT2D eigenvalue weighted by Crippen LogP contribution is 2.51. The van der Waals surface area contributed by atoms with Crippen molar-refractivity contribution >= 4 is 60.5 Å². The topological polar surface area (TPSA) is 16.4 Å². The molecule has 0 amide bonds. The van der Waals surface area contributed by atoms with Gasteiger partial charge in [0.1, 0.15) is 11.2 Å². The van der Waals surface area contributed by atoms with Crippen molar-refractivity contribution in [2.24, 2.45) is 0 Å². The number of hydrogen-bond acceptors (Lipinski definition) is 2. The molecule has 2 heteroatoms. The van der Waals surface area contributed by atoms with E-state index in [0.29, 0.717) is 0 Å². The standard InChI is InChI=1S/C53H37NO/c1-53(2)48-14-8-6-12-44(48)45-31-28-42(33-49(45)53)54(40-25-22-37(23-26-40)36-18-16-35(17-19-36)34-10-4-3-5-11-34)41-27-30-43-39(32-41)21-20-38-24-29-47-46-13-7-9-15-50(46)55-52(47)51(38)43/h3-33H,1-2H3. The Morgan fingerprint density at radius 1 is 0.400 bits per heavy atom. The Labute approximate surface area is 320 Å². The molecule has 0 saturated heterocycles. The summed E-state index contributed by atoms with van der Waals surface area (Å²) in [6, 6.07) is 68.4. The molecular weight excluding hydrogens is 667 g/mol. The molecule has 1 aromatic heterocycles. The summed E-state index contributed by atoms with van der Waals surface area (Å²) in [6.45, 7) is 4.70. The SMILES string of the molecule is CC1(C)c2ccccc2-c2ccc(N(c3ccc(-c4ccc(-c5ccccc5)cc4)cc3)c3ccc4c(ccc5ccc6c7ccccc7oc6c54)c3)cc21. The Morgan fingerprint density at radius 2 is 0.964 bits per heavy atom. The maximum Gasteiger partial charge on any atom is 0.143 e. The van der Waals surface area contributed by atoms with Crippen molar-refractivity contribution in [1.82, 2.24) is 0 Å². The first-order valence-electron chi connectivity index (χ1n) is 19.1. The van der Waals surface area contributed by atoms with Crippen LogP contribution in [0.25, 0.3) is 76.9 Å². The van der Waals surface area contributed by atoms with Crippen LogP contribution in [0.5, 0.6) is 0 Å². The highest BCUT2D eigenvalue weighted by atomic mass is 16.3. The molecule has 0 N–H and O–H groups in total. The van der Waals surface area contributed by atoms with E-state index in [1.165, 1.54) is 60.7 Å². The molecule has 11 rings (SSSR count). The molecule has 1 aliphatic rings. The van der Waals surface area contributed by atoms with E-state index >= 15 is 0 Å². The van der Waals surface area contributed by atoms with Crippen LogP contribution >= 0.6 is 0 Å². The number of benzene rings is 9. The van der Waals surface area contributed by atoms with Crippen LogP contribution in [0.15, 0.2) is 192 Å². The lowest BCUT2D eigenvalue weighted by Gasteiger charge is -2.28. The summed E-state index contributed by atoms with van der Waals surface area (Å²) in [5, 5.41) is 6.99. The Kier molecular flexibility index (Phi) is 6.93. The summed E-state index contributed by atoms with van der Waals surface area (Å²) in [5.74, 6) is 0. The van der Waals surface area contributed by atoms with E-state index in [1.54, 1.807) is 0 Å². The zero-order valence-corrected chi connectivity index (χ0v) is 30.8. The largest absolute Gasteiger partial charge is 0.455 e. The molecular formula is C53H37NO. The molecule has 0 spiro atoms. The van der Waals surface area contributed by atoms with Gasteiger partial charge >= 0.3 is 0 Å². The van der Waals surface area contributed by atoms with Gasteiger partial charge in [0.25, 0.3) is 0 Å². The van der Waals surface area contributed by atoms with Crippen LogP contribution in [0.3, 0.4) is 0 Å². The minimum Gasteiger partial charge on any atom is -0.455 e. The van der Waals surface area contributed by atoms with Crippen molar-refractivity contribution in [3.05, 3.63) is 199 Å². The smallest absolute Gasteiger partial charge is 0.143 e. The van der Waals surface area contributed by atoms with Crippen molar-refractivity contribution in [1.29, 1.82) is 0 Å². The van der Waals surface area contributed by atoms with Gasteiger partial charge in [-0.25, -0.2) is 0 Å². The molecule has 1 aliphatic carbocycles. The van der Waals surface area contributed by atoms with Crippen molar-refractivity contribution in [3.63, 3.8) is 0 Å². The zero-order valence-electron chi connectivity index (χ0n) is 30.8. The van der Waals surface area contributed by atoms with Gasteiger partial charge in [-0.2, -0.15) is 0 Å². The molecule has 260 valence electrons. The molecule has 9 aromatic carbocycles. The Balaban J connectivity index is 1.05. The molecule has 55 heavy (non-hydrogen) atoms. The van der Waals surface area contributed by atoms with Crippen molar-refractivity contribution in [2.45, 2.75) is 19.3 Å². The third-order valence-electron chi connectivity index (χ3n) is 11.9. The van der Waals surface area contributed by atoms with Gasteiger partial charge in [0, 0.05) is 38.6 Å². The van der Waals surface area contributed by atoms with E-state index in [1.807, 2.05) is 6.07 Å². The molecule has 0 unspecified atom stereocenters. The lowest BCUT2D eigenvalue weighted by atomic mass is 9.82. The van der Waals surface area contributed by atoms with Crippen molar-refractivity contribution < 1.29 is 4.42 Å². The fourth-order valence-electron chi connectivity index (χ4n) is 9.02. The van der Waals surface area contributed by atoms with Crippen LogP contribution in [-0.2, 0) is 5.41 Å². The number of hydrogen-bond donors (Lipinski definition) is 0. The fraction of sp³-hybridized carbons (Fsp3) is 0.0566. The van der Waals surface area contributed by atoms with Crippen molar-refractivity contribution in [2.75, 3.05) is 4.90 Å². The summed E-state index contributed by atoms with van der Waals surface area (Å²) in [6.07, 6.45) is 0. The van der Waals surface area contributed by atoms with Gasteiger partial charge in [0.05, 0.1) is 0 Å². The molecule has 1 heterocycles. The molecule has 0 aliphatic heterocycles. The van der Waals surface area contributed by atoms with Gasteiger partial charge in [-0.3, -0.25) is 0 Å². The van der Waals surface area contributed by atoms with Gasteiger partial charge < -0.3 is 9.32 Å². The normalized spacial score (nSPS) is 13.1. The van der Waals surface area contributed by atoms with E-state index in [-0.39, 0.29) is 5.41 Å². The van der Waals surface area contributed by atoms with Crippen LogP contribution in [-0.4, -0.2) is 0 Å². The van der Waals surface area contributed by atoms with Crippen LogP contribution in [0, 0.1) is 0 Å². The summed E-state index contributed by atoms with van der Waals surface area (Å²) >= 11 is 0. The minimum atomic E-state index is -0.108. The van der Waals surface area contributed by atoms with E-state index in [2.05, 4.69) is 201 Å². The first kappa shape index (κ1) is 31.6. The minimum absolute atomic E-state index is 0.108. The van der Waals surface area contributed by atoms with Crippen LogP contribution in [0.4, 0.5) is 17.1 Å². The number of fused-ring (bicyclic) bond motifs is 10. The average molecular weight is 704 g/mol. The van der Waals surface area contributed by atoms with Crippen LogP contribution in [0.1, 0.15) is 25.0 Å². The van der Waals surface area contributed by atoms with E-state index in [0.717, 1.165) is 44.4 Å². The summed E-state index contributed by atoms with van der Waals surface area (Å²) in [5.41, 5.74) is 15.3. The van der Waals surface area contributed by atoms with Gasteiger partial charge in [-0.05, 0) is 109 Å². The van der Waals surface area contributed by atoms with Gasteiger partial charge in [0.2, 0.25) is 0 Å². The summed E-state index contributed by atoms with van der Waals surface area (Å²) < 4.78 is 6.55.